The highest BCUT2D eigenvalue weighted by molar-refractivity contribution is 5.98. The third kappa shape index (κ3) is 5.96. The Morgan fingerprint density at radius 1 is 0.944 bits per heavy atom. The number of benzene rings is 3. The van der Waals surface area contributed by atoms with Crippen LogP contribution in [0.4, 0.5) is 4.39 Å². The maximum absolute atomic E-state index is 12.7. The van der Waals surface area contributed by atoms with Crippen molar-refractivity contribution >= 4 is 11.8 Å². The van der Waals surface area contributed by atoms with Crippen LogP contribution in [0, 0.1) is 0 Å². The number of hydrogen-bond donors (Lipinski definition) is 0. The number of nitrogens with zero attached hydrogens (tertiary/aromatic N) is 1. The average molecular weight is 489 g/mol. The summed E-state index contributed by atoms with van der Waals surface area (Å²) >= 11 is 0. The molecular formula is C28H24FNO6. The molecule has 0 fully saturated rings. The summed E-state index contributed by atoms with van der Waals surface area (Å²) in [6, 6.07) is 20.4. The third-order valence-electron chi connectivity index (χ3n) is 5.30. The maximum Gasteiger partial charge on any atom is 0.343 e. The lowest BCUT2D eigenvalue weighted by atomic mass is 10.0. The van der Waals surface area contributed by atoms with Crippen LogP contribution in [0.15, 0.2) is 83.5 Å². The van der Waals surface area contributed by atoms with Crippen molar-refractivity contribution in [1.82, 2.24) is 4.98 Å². The Morgan fingerprint density at radius 3 is 2.50 bits per heavy atom. The van der Waals surface area contributed by atoms with E-state index in [1.165, 1.54) is 13.4 Å². The lowest BCUT2D eigenvalue weighted by Gasteiger charge is -2.10. The summed E-state index contributed by atoms with van der Waals surface area (Å²) in [6.45, 7) is -0.746. The Hall–Kier alpha value is -4.46. The Morgan fingerprint density at radius 2 is 1.72 bits per heavy atom. The molecule has 4 aromatic rings. The van der Waals surface area contributed by atoms with E-state index < -0.39 is 12.6 Å². The van der Waals surface area contributed by atoms with Crippen molar-refractivity contribution in [3.05, 3.63) is 95.9 Å². The zero-order chi connectivity index (χ0) is 25.3. The SMILES string of the molecule is COc1ccc(-c2nc(CCC(=O)c3ccccc3OCCF)co2)cc1OC(=O)c1ccccc1. The second kappa shape index (κ2) is 11.8. The molecule has 0 saturated heterocycles. The molecule has 0 bridgehead atoms. The molecule has 0 aliphatic carbocycles. The molecule has 8 heteroatoms. The number of aryl methyl sites for hydroxylation is 1. The van der Waals surface area contributed by atoms with Gasteiger partial charge < -0.3 is 18.6 Å². The highest BCUT2D eigenvalue weighted by Gasteiger charge is 2.17. The number of methoxy groups -OCH3 is 1. The average Bonchev–Trinajstić information content (AvgIpc) is 3.40. The Kier molecular flexibility index (Phi) is 8.08. The van der Waals surface area contributed by atoms with Gasteiger partial charge in [0, 0.05) is 18.4 Å². The molecule has 0 saturated carbocycles. The first-order chi connectivity index (χ1) is 17.6. The number of para-hydroxylation sites is 1. The molecule has 0 unspecified atom stereocenters. The monoisotopic (exact) mass is 489 g/mol. The first-order valence-electron chi connectivity index (χ1n) is 11.3. The van der Waals surface area contributed by atoms with Crippen LogP contribution in [0.5, 0.6) is 17.2 Å². The zero-order valence-corrected chi connectivity index (χ0v) is 19.6. The van der Waals surface area contributed by atoms with Crippen LogP contribution >= 0.6 is 0 Å². The Bertz CT molecular complexity index is 1330. The number of ketones is 1. The van der Waals surface area contributed by atoms with E-state index >= 15 is 0 Å². The minimum absolute atomic E-state index is 0.110. The topological polar surface area (TPSA) is 87.9 Å². The van der Waals surface area contributed by atoms with Gasteiger partial charge in [-0.3, -0.25) is 4.79 Å². The molecule has 0 aliphatic rings. The molecule has 36 heavy (non-hydrogen) atoms. The second-order valence-electron chi connectivity index (χ2n) is 7.72. The summed E-state index contributed by atoms with van der Waals surface area (Å²) in [5.41, 5.74) is 1.97. The predicted molar refractivity (Wildman–Crippen MR) is 130 cm³/mol. The van der Waals surface area contributed by atoms with Crippen LogP contribution in [0.2, 0.25) is 0 Å². The number of esters is 1. The van der Waals surface area contributed by atoms with E-state index in [0.29, 0.717) is 46.2 Å². The molecular weight excluding hydrogens is 465 g/mol. The minimum atomic E-state index is -0.636. The standard InChI is InChI=1S/C28H24FNO6/c1-33-25-14-11-20(17-26(25)36-28(32)19-7-3-2-4-8-19)27-30-21(18-35-27)12-13-23(31)22-9-5-6-10-24(22)34-16-15-29/h2-11,14,17-18H,12-13,15-16H2,1H3. The van der Waals surface area contributed by atoms with E-state index in [4.69, 9.17) is 18.6 Å². The number of alkyl halides is 1. The van der Waals surface area contributed by atoms with Crippen molar-refractivity contribution in [3.63, 3.8) is 0 Å². The van der Waals surface area contributed by atoms with E-state index in [2.05, 4.69) is 4.98 Å². The van der Waals surface area contributed by atoms with Gasteiger partial charge in [0.25, 0.3) is 0 Å². The van der Waals surface area contributed by atoms with Crippen molar-refractivity contribution in [2.24, 2.45) is 0 Å². The molecule has 0 N–H and O–H groups in total. The zero-order valence-electron chi connectivity index (χ0n) is 19.6. The summed E-state index contributed by atoms with van der Waals surface area (Å²) in [5.74, 6) is 0.611. The Labute approximate surface area is 207 Å². The number of ether oxygens (including phenoxy) is 3. The number of oxazole rings is 1. The van der Waals surface area contributed by atoms with Gasteiger partial charge in [0.1, 0.15) is 25.3 Å². The molecule has 0 amide bonds. The summed E-state index contributed by atoms with van der Waals surface area (Å²) in [5, 5.41) is 0. The molecule has 0 spiro atoms. The van der Waals surface area contributed by atoms with Crippen molar-refractivity contribution in [3.8, 4) is 28.7 Å². The van der Waals surface area contributed by atoms with Crippen LogP contribution in [0.3, 0.4) is 0 Å². The minimum Gasteiger partial charge on any atom is -0.493 e. The van der Waals surface area contributed by atoms with Gasteiger partial charge in [0.05, 0.1) is 23.9 Å². The van der Waals surface area contributed by atoms with Crippen molar-refractivity contribution in [2.75, 3.05) is 20.4 Å². The quantitative estimate of drug-likeness (QED) is 0.151. The van der Waals surface area contributed by atoms with Crippen LogP contribution in [-0.2, 0) is 6.42 Å². The summed E-state index contributed by atoms with van der Waals surface area (Å²) in [7, 11) is 1.48. The number of carbonyl (C=O) groups excluding carboxylic acids is 2. The molecule has 0 radical (unpaired) electrons. The van der Waals surface area contributed by atoms with Gasteiger partial charge in [-0.25, -0.2) is 14.2 Å². The number of carbonyl (C=O) groups is 2. The smallest absolute Gasteiger partial charge is 0.343 e. The van der Waals surface area contributed by atoms with E-state index in [1.807, 2.05) is 6.07 Å². The highest BCUT2D eigenvalue weighted by Crippen LogP contribution is 2.33. The number of aromatic nitrogens is 1. The maximum atomic E-state index is 12.7. The van der Waals surface area contributed by atoms with E-state index in [9.17, 15) is 14.0 Å². The predicted octanol–water partition coefficient (Wildman–Crippen LogP) is 5.73. The van der Waals surface area contributed by atoms with Crippen LogP contribution in [-0.4, -0.2) is 37.1 Å². The van der Waals surface area contributed by atoms with Crippen LogP contribution in [0.25, 0.3) is 11.5 Å². The molecule has 184 valence electrons. The highest BCUT2D eigenvalue weighted by atomic mass is 19.1. The van der Waals surface area contributed by atoms with Gasteiger partial charge >= 0.3 is 5.97 Å². The van der Waals surface area contributed by atoms with Gasteiger partial charge in [-0.15, -0.1) is 0 Å². The third-order valence-corrected chi connectivity index (χ3v) is 5.30. The molecule has 1 aromatic heterocycles. The number of hydrogen-bond acceptors (Lipinski definition) is 7. The van der Waals surface area contributed by atoms with Crippen molar-refractivity contribution < 1.29 is 32.6 Å². The first-order valence-corrected chi connectivity index (χ1v) is 11.3. The molecule has 0 aliphatic heterocycles. The fraction of sp³-hybridized carbons (Fsp3) is 0.179. The molecule has 1 heterocycles. The van der Waals surface area contributed by atoms with Crippen LogP contribution in [0.1, 0.15) is 32.8 Å². The second-order valence-corrected chi connectivity index (χ2v) is 7.72. The van der Waals surface area contributed by atoms with Gasteiger partial charge in [0.2, 0.25) is 5.89 Å². The Balaban J connectivity index is 1.45. The van der Waals surface area contributed by atoms with Crippen LogP contribution < -0.4 is 14.2 Å². The van der Waals surface area contributed by atoms with E-state index in [0.717, 1.165) is 0 Å². The van der Waals surface area contributed by atoms with Gasteiger partial charge in [-0.2, -0.15) is 0 Å². The number of rotatable bonds is 11. The number of halogens is 1. The summed E-state index contributed by atoms with van der Waals surface area (Å²) in [4.78, 5) is 29.7. The largest absolute Gasteiger partial charge is 0.493 e. The lowest BCUT2D eigenvalue weighted by Crippen LogP contribution is -2.09. The fourth-order valence-electron chi connectivity index (χ4n) is 3.52. The van der Waals surface area contributed by atoms with E-state index in [-0.39, 0.29) is 24.6 Å². The molecule has 3 aromatic carbocycles. The normalized spacial score (nSPS) is 10.6. The van der Waals surface area contributed by atoms with E-state index in [1.54, 1.807) is 66.7 Å². The van der Waals surface area contributed by atoms with Crippen molar-refractivity contribution in [1.29, 1.82) is 0 Å². The van der Waals surface area contributed by atoms with Gasteiger partial charge in [0.15, 0.2) is 17.3 Å². The van der Waals surface area contributed by atoms with Gasteiger partial charge in [-0.05, 0) is 42.5 Å². The molecule has 4 rings (SSSR count). The summed E-state index contributed by atoms with van der Waals surface area (Å²) < 4.78 is 34.3. The lowest BCUT2D eigenvalue weighted by molar-refractivity contribution is 0.0729. The number of Topliss-reactive ketones (excluding diaryl/α,β-unsaturated/α-hetero) is 1. The summed E-state index contributed by atoms with van der Waals surface area (Å²) in [6.07, 6.45) is 1.99. The molecule has 7 nitrogen and oxygen atoms in total. The van der Waals surface area contributed by atoms with Gasteiger partial charge in [-0.1, -0.05) is 30.3 Å². The molecule has 0 atom stereocenters. The van der Waals surface area contributed by atoms with Crippen molar-refractivity contribution in [2.45, 2.75) is 12.8 Å². The fourth-order valence-corrected chi connectivity index (χ4v) is 3.52. The first kappa shape index (κ1) is 24.7.